The van der Waals surface area contributed by atoms with Crippen molar-refractivity contribution in [2.45, 2.75) is 18.9 Å². The average molecular weight is 181 g/mol. The van der Waals surface area contributed by atoms with Gasteiger partial charge in [-0.3, -0.25) is 9.78 Å². The van der Waals surface area contributed by atoms with Crippen molar-refractivity contribution in [2.24, 2.45) is 0 Å². The third kappa shape index (κ3) is 1.70. The van der Waals surface area contributed by atoms with Crippen molar-refractivity contribution < 1.29 is 4.74 Å². The fraction of sp³-hybridized carbons (Fsp3) is 0.500. The normalized spacial score (nSPS) is 22.0. The molecular weight excluding hydrogens is 170 g/mol. The lowest BCUT2D eigenvalue weighted by Gasteiger charge is -2.07. The first-order chi connectivity index (χ1) is 6.25. The highest BCUT2D eigenvalue weighted by Crippen LogP contribution is 2.26. The summed E-state index contributed by atoms with van der Waals surface area (Å²) in [5.74, 6) is 0.151. The number of nitrogens with zero attached hydrogens (tertiary/aromatic N) is 1. The van der Waals surface area contributed by atoms with E-state index in [0.717, 1.165) is 19.4 Å². The largest absolute Gasteiger partial charge is 0.372 e. The monoisotopic (exact) mass is 181 g/mol. The molecule has 70 valence electrons. The molecule has 0 radical (unpaired) electrons. The minimum Gasteiger partial charge on any atom is -0.372 e. The Balaban J connectivity index is 2.33. The van der Waals surface area contributed by atoms with Crippen molar-refractivity contribution in [1.82, 2.24) is 9.97 Å². The van der Waals surface area contributed by atoms with Gasteiger partial charge in [0.05, 0.1) is 11.8 Å². The number of H-pyrrole nitrogens is 1. The highest BCUT2D eigenvalue weighted by molar-refractivity contribution is 5.19. The van der Waals surface area contributed by atoms with Crippen LogP contribution in [-0.4, -0.2) is 16.6 Å². The zero-order valence-electron chi connectivity index (χ0n) is 7.12. The SMILES string of the molecule is Nc1nc([C@@H]2CCCO2)cc(=O)[nH]1. The molecule has 1 fully saturated rings. The van der Waals surface area contributed by atoms with Crippen molar-refractivity contribution in [2.75, 3.05) is 12.3 Å². The Morgan fingerprint density at radius 1 is 1.69 bits per heavy atom. The molecule has 0 bridgehead atoms. The Morgan fingerprint density at radius 3 is 3.15 bits per heavy atom. The zero-order valence-corrected chi connectivity index (χ0v) is 7.12. The van der Waals surface area contributed by atoms with Gasteiger partial charge in [-0.1, -0.05) is 0 Å². The standard InChI is InChI=1S/C8H11N3O2/c9-8-10-5(4-7(12)11-8)6-2-1-3-13-6/h4,6H,1-3H2,(H3,9,10,11,12)/t6-/m0/s1. The van der Waals surface area contributed by atoms with Crippen molar-refractivity contribution in [3.05, 3.63) is 22.1 Å². The maximum atomic E-state index is 11.0. The van der Waals surface area contributed by atoms with Gasteiger partial charge in [0.25, 0.3) is 5.56 Å². The topological polar surface area (TPSA) is 81.0 Å². The van der Waals surface area contributed by atoms with E-state index in [4.69, 9.17) is 10.5 Å². The van der Waals surface area contributed by atoms with E-state index in [0.29, 0.717) is 5.69 Å². The van der Waals surface area contributed by atoms with Crippen LogP contribution in [0.15, 0.2) is 10.9 Å². The Hall–Kier alpha value is -1.36. The molecule has 1 atom stereocenters. The fourth-order valence-corrected chi connectivity index (χ4v) is 1.47. The Kier molecular flexibility index (Phi) is 2.02. The molecule has 0 unspecified atom stereocenters. The highest BCUT2D eigenvalue weighted by Gasteiger charge is 2.19. The van der Waals surface area contributed by atoms with E-state index in [1.165, 1.54) is 6.07 Å². The second-order valence-electron chi connectivity index (χ2n) is 3.06. The molecule has 5 nitrogen and oxygen atoms in total. The van der Waals surface area contributed by atoms with Crippen molar-refractivity contribution in [3.8, 4) is 0 Å². The van der Waals surface area contributed by atoms with E-state index < -0.39 is 0 Å². The number of aromatic amines is 1. The van der Waals surface area contributed by atoms with Gasteiger partial charge in [0.2, 0.25) is 5.95 Å². The first kappa shape index (κ1) is 8.25. The molecule has 1 aromatic heterocycles. The Labute approximate surface area is 74.9 Å². The molecule has 1 aliphatic rings. The third-order valence-corrected chi connectivity index (χ3v) is 2.04. The van der Waals surface area contributed by atoms with Gasteiger partial charge in [0, 0.05) is 12.7 Å². The number of aromatic nitrogens is 2. The van der Waals surface area contributed by atoms with Gasteiger partial charge in [-0.05, 0) is 12.8 Å². The summed E-state index contributed by atoms with van der Waals surface area (Å²) < 4.78 is 5.38. The van der Waals surface area contributed by atoms with Gasteiger partial charge < -0.3 is 10.5 Å². The van der Waals surface area contributed by atoms with E-state index in [1.54, 1.807) is 0 Å². The fourth-order valence-electron chi connectivity index (χ4n) is 1.47. The van der Waals surface area contributed by atoms with Crippen LogP contribution in [0.25, 0.3) is 0 Å². The third-order valence-electron chi connectivity index (χ3n) is 2.04. The van der Waals surface area contributed by atoms with Crippen LogP contribution in [0.5, 0.6) is 0 Å². The quantitative estimate of drug-likeness (QED) is 0.648. The summed E-state index contributed by atoms with van der Waals surface area (Å²) in [4.78, 5) is 17.4. The van der Waals surface area contributed by atoms with Crippen molar-refractivity contribution in [1.29, 1.82) is 0 Å². The Bertz CT molecular complexity index is 355. The number of rotatable bonds is 1. The van der Waals surface area contributed by atoms with Crippen LogP contribution in [0.4, 0.5) is 5.95 Å². The molecular formula is C8H11N3O2. The number of nitrogens with two attached hydrogens (primary N) is 1. The number of nitrogen functional groups attached to an aromatic ring is 1. The molecule has 0 aliphatic carbocycles. The van der Waals surface area contributed by atoms with Crippen LogP contribution in [0.3, 0.4) is 0 Å². The van der Waals surface area contributed by atoms with Crippen LogP contribution in [0.2, 0.25) is 0 Å². The van der Waals surface area contributed by atoms with E-state index >= 15 is 0 Å². The lowest BCUT2D eigenvalue weighted by atomic mass is 10.2. The second kappa shape index (κ2) is 3.18. The smallest absolute Gasteiger partial charge is 0.252 e. The number of ether oxygens (including phenoxy) is 1. The van der Waals surface area contributed by atoms with Crippen LogP contribution in [0, 0.1) is 0 Å². The maximum absolute atomic E-state index is 11.0. The maximum Gasteiger partial charge on any atom is 0.252 e. The minimum absolute atomic E-state index is 0.0513. The molecule has 3 N–H and O–H groups in total. The van der Waals surface area contributed by atoms with Gasteiger partial charge in [0.1, 0.15) is 0 Å². The first-order valence-electron chi connectivity index (χ1n) is 4.24. The summed E-state index contributed by atoms with van der Waals surface area (Å²) in [6.45, 7) is 0.735. The average Bonchev–Trinajstić information content (AvgIpc) is 2.53. The number of nitrogens with one attached hydrogen (secondary N) is 1. The van der Waals surface area contributed by atoms with Crippen LogP contribution >= 0.6 is 0 Å². The highest BCUT2D eigenvalue weighted by atomic mass is 16.5. The second-order valence-corrected chi connectivity index (χ2v) is 3.06. The first-order valence-corrected chi connectivity index (χ1v) is 4.24. The summed E-state index contributed by atoms with van der Waals surface area (Å²) in [7, 11) is 0. The lowest BCUT2D eigenvalue weighted by molar-refractivity contribution is 0.108. The Morgan fingerprint density at radius 2 is 2.54 bits per heavy atom. The van der Waals surface area contributed by atoms with Gasteiger partial charge in [-0.25, -0.2) is 4.98 Å². The number of hydrogen-bond acceptors (Lipinski definition) is 4. The number of anilines is 1. The minimum atomic E-state index is -0.224. The summed E-state index contributed by atoms with van der Waals surface area (Å²) >= 11 is 0. The van der Waals surface area contributed by atoms with Crippen LogP contribution < -0.4 is 11.3 Å². The summed E-state index contributed by atoms with van der Waals surface area (Å²) in [5, 5.41) is 0. The predicted molar refractivity (Wildman–Crippen MR) is 47.2 cm³/mol. The van der Waals surface area contributed by atoms with Crippen molar-refractivity contribution in [3.63, 3.8) is 0 Å². The molecule has 1 aromatic rings. The molecule has 1 aliphatic heterocycles. The van der Waals surface area contributed by atoms with Crippen LogP contribution in [0.1, 0.15) is 24.6 Å². The molecule has 1 saturated heterocycles. The molecule has 2 rings (SSSR count). The number of hydrogen-bond donors (Lipinski definition) is 2. The molecule has 13 heavy (non-hydrogen) atoms. The molecule has 0 spiro atoms. The zero-order chi connectivity index (χ0) is 9.26. The van der Waals surface area contributed by atoms with Crippen molar-refractivity contribution >= 4 is 5.95 Å². The van der Waals surface area contributed by atoms with E-state index in [2.05, 4.69) is 9.97 Å². The summed E-state index contributed by atoms with van der Waals surface area (Å²) in [6, 6.07) is 1.44. The van der Waals surface area contributed by atoms with E-state index in [1.807, 2.05) is 0 Å². The molecule has 5 heteroatoms. The van der Waals surface area contributed by atoms with Gasteiger partial charge in [0.15, 0.2) is 0 Å². The van der Waals surface area contributed by atoms with Gasteiger partial charge in [-0.2, -0.15) is 0 Å². The van der Waals surface area contributed by atoms with Gasteiger partial charge >= 0.3 is 0 Å². The molecule has 0 amide bonds. The molecule has 2 heterocycles. The summed E-state index contributed by atoms with van der Waals surface area (Å²) in [5.41, 5.74) is 5.82. The van der Waals surface area contributed by atoms with E-state index in [9.17, 15) is 4.79 Å². The van der Waals surface area contributed by atoms with Gasteiger partial charge in [-0.15, -0.1) is 0 Å². The summed E-state index contributed by atoms with van der Waals surface area (Å²) in [6.07, 6.45) is 1.87. The predicted octanol–water partition coefficient (Wildman–Crippen LogP) is 0.204. The van der Waals surface area contributed by atoms with E-state index in [-0.39, 0.29) is 17.6 Å². The molecule has 0 aromatic carbocycles. The molecule has 0 saturated carbocycles. The lowest BCUT2D eigenvalue weighted by Crippen LogP contribution is -2.14. The van der Waals surface area contributed by atoms with Crippen LogP contribution in [-0.2, 0) is 4.74 Å².